The van der Waals surface area contributed by atoms with Gasteiger partial charge in [-0.1, -0.05) is 0 Å². The second kappa shape index (κ2) is 6.26. The van der Waals surface area contributed by atoms with Crippen molar-refractivity contribution in [2.45, 2.75) is 19.4 Å². The highest BCUT2D eigenvalue weighted by molar-refractivity contribution is 7.71. The lowest BCUT2D eigenvalue weighted by Gasteiger charge is -2.06. The Morgan fingerprint density at radius 2 is 2.35 bits per heavy atom. The van der Waals surface area contributed by atoms with E-state index in [1.807, 2.05) is 0 Å². The van der Waals surface area contributed by atoms with Crippen LogP contribution in [0.5, 0.6) is 0 Å². The van der Waals surface area contributed by atoms with E-state index in [-0.39, 0.29) is 28.9 Å². The number of nitrogens with one attached hydrogen (secondary N) is 1. The highest BCUT2D eigenvalue weighted by atomic mass is 32.1. The number of hydrogen-bond donors (Lipinski definition) is 2. The first-order valence-electron chi connectivity index (χ1n) is 4.95. The highest BCUT2D eigenvalue weighted by Gasteiger charge is 2.09. The Kier molecular flexibility index (Phi) is 4.98. The molecule has 7 nitrogen and oxygen atoms in total. The van der Waals surface area contributed by atoms with Gasteiger partial charge in [0.05, 0.1) is 19.6 Å². The fraction of sp³-hybridized carbons (Fsp3) is 0.556. The molecule has 17 heavy (non-hydrogen) atoms. The van der Waals surface area contributed by atoms with Gasteiger partial charge in [-0.25, -0.2) is 0 Å². The van der Waals surface area contributed by atoms with E-state index < -0.39 is 5.97 Å². The second-order valence-electron chi connectivity index (χ2n) is 3.32. The topological polar surface area (TPSA) is 97.2 Å². The molecule has 2 N–H and O–H groups in total. The molecule has 1 aromatic heterocycles. The van der Waals surface area contributed by atoms with Crippen molar-refractivity contribution < 1.29 is 14.6 Å². The van der Waals surface area contributed by atoms with Crippen LogP contribution in [-0.4, -0.2) is 39.6 Å². The molecular weight excluding hydrogens is 246 g/mol. The molecule has 0 atom stereocenters. The maximum atomic E-state index is 11.9. The Hall–Kier alpha value is -1.54. The number of nitrogens with zero attached hydrogens (tertiary/aromatic N) is 2. The molecule has 0 bridgehead atoms. The van der Waals surface area contributed by atoms with Crippen molar-refractivity contribution >= 4 is 18.2 Å². The highest BCUT2D eigenvalue weighted by Crippen LogP contribution is 1.93. The van der Waals surface area contributed by atoms with Gasteiger partial charge in [-0.2, -0.15) is 5.10 Å². The molecule has 1 heterocycles. The largest absolute Gasteiger partial charge is 0.481 e. The number of aryl methyl sites for hydroxylation is 1. The number of aromatic nitrogens is 3. The first kappa shape index (κ1) is 13.5. The number of aromatic amines is 1. The van der Waals surface area contributed by atoms with Crippen LogP contribution in [0.3, 0.4) is 0 Å². The van der Waals surface area contributed by atoms with E-state index in [4.69, 9.17) is 22.1 Å². The first-order valence-corrected chi connectivity index (χ1v) is 5.36. The zero-order valence-corrected chi connectivity index (χ0v) is 10.1. The molecule has 0 fully saturated rings. The summed E-state index contributed by atoms with van der Waals surface area (Å²) in [6.07, 6.45) is -0.0651. The van der Waals surface area contributed by atoms with Gasteiger partial charge in [-0.3, -0.25) is 19.3 Å². The van der Waals surface area contributed by atoms with Crippen LogP contribution in [0.4, 0.5) is 0 Å². The summed E-state index contributed by atoms with van der Waals surface area (Å²) in [6.45, 7) is 0.660. The van der Waals surface area contributed by atoms with Crippen LogP contribution < -0.4 is 5.56 Å². The minimum absolute atomic E-state index is 0.0766. The molecule has 1 aromatic rings. The molecule has 0 aliphatic carbocycles. The number of hydrogen-bond acceptors (Lipinski definition) is 5. The van der Waals surface area contributed by atoms with E-state index in [2.05, 4.69) is 10.2 Å². The zero-order valence-electron chi connectivity index (χ0n) is 9.30. The maximum Gasteiger partial charge on any atom is 0.303 e. The summed E-state index contributed by atoms with van der Waals surface area (Å²) in [4.78, 5) is 22.3. The first-order chi connectivity index (χ1) is 8.06. The van der Waals surface area contributed by atoms with Gasteiger partial charge in [0.1, 0.15) is 5.69 Å². The summed E-state index contributed by atoms with van der Waals surface area (Å²) < 4.78 is 6.37. The lowest BCUT2D eigenvalue weighted by molar-refractivity contribution is -0.136. The van der Waals surface area contributed by atoms with E-state index in [1.54, 1.807) is 0 Å². The van der Waals surface area contributed by atoms with Crippen LogP contribution in [0.25, 0.3) is 0 Å². The smallest absolute Gasteiger partial charge is 0.303 e. The van der Waals surface area contributed by atoms with Gasteiger partial charge in [0.2, 0.25) is 0 Å². The standard InChI is InChI=1S/C9H13N3O4S/c1-16-5-4-12-8(15)6(2-3-7(13)14)10-11-9(12)17/h2-5H2,1H3,(H,11,17)(H,13,14). The van der Waals surface area contributed by atoms with Gasteiger partial charge in [0.25, 0.3) is 5.56 Å². The minimum atomic E-state index is -0.975. The summed E-state index contributed by atoms with van der Waals surface area (Å²) in [6, 6.07) is 0. The molecule has 0 aliphatic heterocycles. The van der Waals surface area contributed by atoms with Crippen LogP contribution in [0, 0.1) is 4.77 Å². The second-order valence-corrected chi connectivity index (χ2v) is 3.71. The van der Waals surface area contributed by atoms with Crippen LogP contribution in [-0.2, 0) is 22.5 Å². The average Bonchev–Trinajstić information content (AvgIpc) is 2.27. The molecule has 1 rings (SSSR count). The molecule has 0 saturated carbocycles. The average molecular weight is 259 g/mol. The van der Waals surface area contributed by atoms with Crippen LogP contribution >= 0.6 is 12.2 Å². The van der Waals surface area contributed by atoms with Crippen molar-refractivity contribution in [3.8, 4) is 0 Å². The number of carboxylic acid groups (broad SMARTS) is 1. The van der Waals surface area contributed by atoms with Gasteiger partial charge < -0.3 is 9.84 Å². The monoisotopic (exact) mass is 259 g/mol. The number of H-pyrrole nitrogens is 1. The third-order valence-corrected chi connectivity index (χ3v) is 2.43. The van der Waals surface area contributed by atoms with Gasteiger partial charge in [-0.05, 0) is 12.2 Å². The van der Waals surface area contributed by atoms with E-state index in [0.29, 0.717) is 13.2 Å². The van der Waals surface area contributed by atoms with Gasteiger partial charge in [0, 0.05) is 13.5 Å². The number of methoxy groups -OCH3 is 1. The fourth-order valence-corrected chi connectivity index (χ4v) is 1.47. The summed E-state index contributed by atoms with van der Waals surface area (Å²) >= 11 is 4.92. The lowest BCUT2D eigenvalue weighted by atomic mass is 10.2. The lowest BCUT2D eigenvalue weighted by Crippen LogP contribution is -2.29. The Balaban J connectivity index is 2.97. The Bertz CT molecular complexity index is 508. The molecule has 0 saturated heterocycles. The third-order valence-electron chi connectivity index (χ3n) is 2.12. The molecule has 0 aliphatic rings. The van der Waals surface area contributed by atoms with E-state index in [1.165, 1.54) is 11.7 Å². The summed E-state index contributed by atoms with van der Waals surface area (Å²) in [5, 5.41) is 14.8. The molecule has 0 amide bonds. The van der Waals surface area contributed by atoms with Crippen LogP contribution in [0.15, 0.2) is 4.79 Å². The quantitative estimate of drug-likeness (QED) is 0.696. The number of carbonyl (C=O) groups is 1. The normalized spacial score (nSPS) is 10.4. The zero-order chi connectivity index (χ0) is 12.8. The predicted octanol–water partition coefficient (Wildman–Crippen LogP) is -0.0355. The van der Waals surface area contributed by atoms with E-state index >= 15 is 0 Å². The van der Waals surface area contributed by atoms with Crippen molar-refractivity contribution in [3.05, 3.63) is 20.8 Å². The fourth-order valence-electron chi connectivity index (χ4n) is 1.25. The molecule has 0 spiro atoms. The molecule has 94 valence electrons. The molecule has 0 aromatic carbocycles. The molecule has 0 radical (unpaired) electrons. The SMILES string of the molecule is COCCn1c(=S)[nH]nc(CCC(=O)O)c1=O. The Labute approximate surface area is 102 Å². The Morgan fingerprint density at radius 1 is 1.65 bits per heavy atom. The summed E-state index contributed by atoms with van der Waals surface area (Å²) in [5.74, 6) is -0.975. The summed E-state index contributed by atoms with van der Waals surface area (Å²) in [5.41, 5.74) is -0.204. The van der Waals surface area contributed by atoms with Gasteiger partial charge in [-0.15, -0.1) is 0 Å². The van der Waals surface area contributed by atoms with Gasteiger partial charge >= 0.3 is 5.97 Å². The summed E-state index contributed by atoms with van der Waals surface area (Å²) in [7, 11) is 1.52. The number of aliphatic carboxylic acids is 1. The van der Waals surface area contributed by atoms with Crippen molar-refractivity contribution in [1.82, 2.24) is 14.8 Å². The third kappa shape index (κ3) is 3.75. The van der Waals surface area contributed by atoms with Crippen molar-refractivity contribution in [2.24, 2.45) is 0 Å². The van der Waals surface area contributed by atoms with E-state index in [0.717, 1.165) is 0 Å². The number of ether oxygens (including phenoxy) is 1. The van der Waals surface area contributed by atoms with Crippen LogP contribution in [0.1, 0.15) is 12.1 Å². The number of carboxylic acids is 1. The van der Waals surface area contributed by atoms with Crippen molar-refractivity contribution in [1.29, 1.82) is 0 Å². The Morgan fingerprint density at radius 3 is 2.94 bits per heavy atom. The molecule has 8 heteroatoms. The molecule has 0 unspecified atom stereocenters. The maximum absolute atomic E-state index is 11.9. The van der Waals surface area contributed by atoms with Crippen LogP contribution in [0.2, 0.25) is 0 Å². The number of rotatable bonds is 6. The predicted molar refractivity (Wildman–Crippen MR) is 61.5 cm³/mol. The minimum Gasteiger partial charge on any atom is -0.481 e. The van der Waals surface area contributed by atoms with Crippen molar-refractivity contribution in [2.75, 3.05) is 13.7 Å². The van der Waals surface area contributed by atoms with E-state index in [9.17, 15) is 9.59 Å². The molecular formula is C9H13N3O4S. The van der Waals surface area contributed by atoms with Crippen molar-refractivity contribution in [3.63, 3.8) is 0 Å². The van der Waals surface area contributed by atoms with Gasteiger partial charge in [0.15, 0.2) is 4.77 Å².